The van der Waals surface area contributed by atoms with E-state index in [1.54, 1.807) is 31.2 Å². The smallest absolute Gasteiger partial charge is 0.333 e. The van der Waals surface area contributed by atoms with E-state index in [9.17, 15) is 9.90 Å². The van der Waals surface area contributed by atoms with Gasteiger partial charge in [0.1, 0.15) is 0 Å². The van der Waals surface area contributed by atoms with E-state index >= 15 is 0 Å². The quantitative estimate of drug-likeness (QED) is 0.892. The first kappa shape index (κ1) is 14.4. The van der Waals surface area contributed by atoms with Gasteiger partial charge in [-0.15, -0.1) is 0 Å². The zero-order valence-electron chi connectivity index (χ0n) is 11.4. The first-order chi connectivity index (χ1) is 9.43. The zero-order valence-corrected chi connectivity index (χ0v) is 12.1. The van der Waals surface area contributed by atoms with Crippen molar-refractivity contribution in [3.63, 3.8) is 0 Å². The molecule has 4 heteroatoms. The molecule has 1 atom stereocenters. The lowest BCUT2D eigenvalue weighted by molar-refractivity contribution is -0.142. The number of para-hydroxylation sites is 1. The summed E-state index contributed by atoms with van der Waals surface area (Å²) in [5.41, 5.74) is 1.23. The Morgan fingerprint density at radius 2 is 1.75 bits per heavy atom. The van der Waals surface area contributed by atoms with Gasteiger partial charge in [0.05, 0.1) is 0 Å². The lowest BCUT2D eigenvalue weighted by Crippen LogP contribution is -2.40. The Bertz CT molecular complexity index is 625. The molecule has 0 fully saturated rings. The van der Waals surface area contributed by atoms with Crippen molar-refractivity contribution in [1.82, 2.24) is 0 Å². The van der Waals surface area contributed by atoms with E-state index in [4.69, 9.17) is 11.6 Å². The van der Waals surface area contributed by atoms with Gasteiger partial charge in [-0.25, -0.2) is 4.79 Å². The molecule has 20 heavy (non-hydrogen) atoms. The van der Waals surface area contributed by atoms with Gasteiger partial charge in [0, 0.05) is 10.7 Å². The minimum absolute atomic E-state index is 0.581. The fourth-order valence-electron chi connectivity index (χ4n) is 2.01. The van der Waals surface area contributed by atoms with Gasteiger partial charge in [-0.05, 0) is 43.2 Å². The van der Waals surface area contributed by atoms with Crippen LogP contribution < -0.4 is 5.32 Å². The normalized spacial score (nSPS) is 13.6. The minimum Gasteiger partial charge on any atom is -0.479 e. The summed E-state index contributed by atoms with van der Waals surface area (Å²) in [4.78, 5) is 11.7. The number of anilines is 1. The molecule has 1 unspecified atom stereocenters. The van der Waals surface area contributed by atoms with Crippen LogP contribution in [0.25, 0.3) is 0 Å². The topological polar surface area (TPSA) is 49.3 Å². The number of nitrogens with one attached hydrogen (secondary N) is 1. The second-order valence-corrected chi connectivity index (χ2v) is 5.31. The average molecular weight is 290 g/mol. The molecule has 0 bridgehead atoms. The lowest BCUT2D eigenvalue weighted by atomic mass is 9.91. The number of hydrogen-bond acceptors (Lipinski definition) is 2. The molecule has 0 aromatic heterocycles. The first-order valence-electron chi connectivity index (χ1n) is 6.27. The van der Waals surface area contributed by atoms with Crippen molar-refractivity contribution in [3.05, 3.63) is 64.7 Å². The van der Waals surface area contributed by atoms with Crippen molar-refractivity contribution in [3.8, 4) is 0 Å². The maximum Gasteiger partial charge on any atom is 0.333 e. The highest BCUT2D eigenvalue weighted by Gasteiger charge is 2.35. The Kier molecular flexibility index (Phi) is 4.00. The van der Waals surface area contributed by atoms with Crippen LogP contribution in [-0.2, 0) is 10.3 Å². The van der Waals surface area contributed by atoms with Crippen LogP contribution in [0.4, 0.5) is 5.69 Å². The number of rotatable bonds is 4. The Hall–Kier alpha value is -2.00. The third kappa shape index (κ3) is 2.78. The third-order valence-corrected chi connectivity index (χ3v) is 3.63. The van der Waals surface area contributed by atoms with Crippen LogP contribution in [0.2, 0.25) is 5.02 Å². The molecule has 0 radical (unpaired) electrons. The molecule has 0 saturated heterocycles. The largest absolute Gasteiger partial charge is 0.479 e. The van der Waals surface area contributed by atoms with E-state index in [2.05, 4.69) is 5.32 Å². The summed E-state index contributed by atoms with van der Waals surface area (Å²) in [5.74, 6) is -0.942. The summed E-state index contributed by atoms with van der Waals surface area (Å²) in [6.45, 7) is 3.58. The second-order valence-electron chi connectivity index (χ2n) is 4.88. The lowest BCUT2D eigenvalue weighted by Gasteiger charge is -2.29. The van der Waals surface area contributed by atoms with Crippen molar-refractivity contribution in [1.29, 1.82) is 0 Å². The maximum absolute atomic E-state index is 11.7. The molecule has 0 amide bonds. The van der Waals surface area contributed by atoms with E-state index in [1.807, 2.05) is 31.2 Å². The number of carboxylic acids is 1. The second kappa shape index (κ2) is 5.55. The summed E-state index contributed by atoms with van der Waals surface area (Å²) in [6, 6.07) is 14.4. The van der Waals surface area contributed by atoms with E-state index in [0.29, 0.717) is 10.6 Å². The van der Waals surface area contributed by atoms with Crippen molar-refractivity contribution >= 4 is 23.3 Å². The molecular formula is C16H16ClNO2. The molecule has 2 N–H and O–H groups in total. The standard InChI is InChI=1S/C16H16ClNO2/c1-11-5-3-4-6-14(11)18-16(2,15(19)20)12-7-9-13(17)10-8-12/h3-10,18H,1-2H3,(H,19,20). The summed E-state index contributed by atoms with van der Waals surface area (Å²) in [5, 5.41) is 13.3. The molecule has 0 aliphatic carbocycles. The van der Waals surface area contributed by atoms with Gasteiger partial charge in [0.2, 0.25) is 0 Å². The summed E-state index contributed by atoms with van der Waals surface area (Å²) < 4.78 is 0. The molecular weight excluding hydrogens is 274 g/mol. The number of aliphatic carboxylic acids is 1. The zero-order chi connectivity index (χ0) is 14.8. The molecule has 2 aromatic carbocycles. The highest BCUT2D eigenvalue weighted by Crippen LogP contribution is 2.29. The van der Waals surface area contributed by atoms with Crippen molar-refractivity contribution in [2.24, 2.45) is 0 Å². The number of benzene rings is 2. The van der Waals surface area contributed by atoms with E-state index in [1.165, 1.54) is 0 Å². The summed E-state index contributed by atoms with van der Waals surface area (Å²) >= 11 is 5.86. The van der Waals surface area contributed by atoms with Crippen LogP contribution in [0.1, 0.15) is 18.1 Å². The van der Waals surface area contributed by atoms with Crippen LogP contribution in [0.5, 0.6) is 0 Å². The van der Waals surface area contributed by atoms with Gasteiger partial charge in [-0.3, -0.25) is 0 Å². The van der Waals surface area contributed by atoms with Gasteiger partial charge in [0.25, 0.3) is 0 Å². The van der Waals surface area contributed by atoms with Gasteiger partial charge in [0.15, 0.2) is 5.54 Å². The molecule has 0 heterocycles. The maximum atomic E-state index is 11.7. The van der Waals surface area contributed by atoms with Crippen LogP contribution in [0.3, 0.4) is 0 Å². The number of carboxylic acid groups (broad SMARTS) is 1. The van der Waals surface area contributed by atoms with Gasteiger partial charge >= 0.3 is 5.97 Å². The summed E-state index contributed by atoms with van der Waals surface area (Å²) in [7, 11) is 0. The van der Waals surface area contributed by atoms with Crippen LogP contribution in [-0.4, -0.2) is 11.1 Å². The molecule has 0 saturated carbocycles. The van der Waals surface area contributed by atoms with E-state index in [0.717, 1.165) is 11.3 Å². The fraction of sp³-hybridized carbons (Fsp3) is 0.188. The fourth-order valence-corrected chi connectivity index (χ4v) is 2.14. The number of hydrogen-bond donors (Lipinski definition) is 2. The third-order valence-electron chi connectivity index (χ3n) is 3.38. The van der Waals surface area contributed by atoms with Crippen LogP contribution >= 0.6 is 11.6 Å². The Balaban J connectivity index is 2.43. The molecule has 0 aliphatic heterocycles. The van der Waals surface area contributed by atoms with E-state index < -0.39 is 11.5 Å². The average Bonchev–Trinajstić information content (AvgIpc) is 2.42. The van der Waals surface area contributed by atoms with Crippen LogP contribution in [0.15, 0.2) is 48.5 Å². The Morgan fingerprint density at radius 1 is 1.15 bits per heavy atom. The molecule has 0 spiro atoms. The highest BCUT2D eigenvalue weighted by molar-refractivity contribution is 6.30. The highest BCUT2D eigenvalue weighted by atomic mass is 35.5. The Morgan fingerprint density at radius 3 is 2.30 bits per heavy atom. The number of aryl methyl sites for hydroxylation is 1. The van der Waals surface area contributed by atoms with Crippen molar-refractivity contribution < 1.29 is 9.90 Å². The summed E-state index contributed by atoms with van der Waals surface area (Å²) in [6.07, 6.45) is 0. The monoisotopic (exact) mass is 289 g/mol. The van der Waals surface area contributed by atoms with Crippen molar-refractivity contribution in [2.75, 3.05) is 5.32 Å². The number of halogens is 1. The van der Waals surface area contributed by atoms with Gasteiger partial charge < -0.3 is 10.4 Å². The Labute approximate surface area is 123 Å². The van der Waals surface area contributed by atoms with Crippen LogP contribution in [0, 0.1) is 6.92 Å². The predicted molar refractivity (Wildman–Crippen MR) is 81.2 cm³/mol. The molecule has 2 rings (SSSR count). The molecule has 2 aromatic rings. The van der Waals surface area contributed by atoms with Gasteiger partial charge in [-0.2, -0.15) is 0 Å². The van der Waals surface area contributed by atoms with Crippen molar-refractivity contribution in [2.45, 2.75) is 19.4 Å². The molecule has 104 valence electrons. The minimum atomic E-state index is -1.21. The van der Waals surface area contributed by atoms with Gasteiger partial charge in [-0.1, -0.05) is 41.9 Å². The number of carbonyl (C=O) groups is 1. The predicted octanol–water partition coefficient (Wildman–Crippen LogP) is 4.06. The molecule has 0 aliphatic rings. The first-order valence-corrected chi connectivity index (χ1v) is 6.64. The van der Waals surface area contributed by atoms with E-state index in [-0.39, 0.29) is 0 Å². The SMILES string of the molecule is Cc1ccccc1NC(C)(C(=O)O)c1ccc(Cl)cc1. The molecule has 3 nitrogen and oxygen atoms in total.